The van der Waals surface area contributed by atoms with E-state index in [4.69, 9.17) is 31.0 Å². The number of halogens is 1. The Morgan fingerprint density at radius 3 is 2.58 bits per heavy atom. The first-order chi connectivity index (χ1) is 9.27. The van der Waals surface area contributed by atoms with Gasteiger partial charge in [-0.25, -0.2) is 9.97 Å². The molecule has 7 nitrogen and oxygen atoms in total. The third-order valence-corrected chi connectivity index (χ3v) is 2.25. The van der Waals surface area contributed by atoms with Gasteiger partial charge in [-0.2, -0.15) is 0 Å². The number of aromatic nitrogens is 2. The zero-order chi connectivity index (χ0) is 13.9. The first-order valence-electron chi connectivity index (χ1n) is 5.76. The van der Waals surface area contributed by atoms with Gasteiger partial charge in [-0.1, -0.05) is 16.8 Å². The molecule has 1 aromatic rings. The van der Waals surface area contributed by atoms with Crippen molar-refractivity contribution in [2.45, 2.75) is 6.92 Å². The smallest absolute Gasteiger partial charge is 0.232 e. The number of ether oxygens (including phenoxy) is 3. The lowest BCUT2D eigenvalue weighted by atomic mass is 10.5. The van der Waals surface area contributed by atoms with E-state index in [0.717, 1.165) is 0 Å². The minimum Gasteiger partial charge on any atom is -0.474 e. The van der Waals surface area contributed by atoms with Gasteiger partial charge in [0.2, 0.25) is 5.88 Å². The van der Waals surface area contributed by atoms with Gasteiger partial charge in [0.1, 0.15) is 12.3 Å². The average molecular weight is 290 g/mol. The van der Waals surface area contributed by atoms with Crippen molar-refractivity contribution in [2.75, 3.05) is 33.0 Å². The molecule has 0 aliphatic carbocycles. The quantitative estimate of drug-likeness (QED) is 0.319. The van der Waals surface area contributed by atoms with Gasteiger partial charge in [0.15, 0.2) is 5.17 Å². The molecule has 0 atom stereocenters. The molecule has 19 heavy (non-hydrogen) atoms. The van der Waals surface area contributed by atoms with Crippen LogP contribution >= 0.6 is 11.6 Å². The summed E-state index contributed by atoms with van der Waals surface area (Å²) in [4.78, 5) is 7.87. The van der Waals surface area contributed by atoms with E-state index < -0.39 is 0 Å². The summed E-state index contributed by atoms with van der Waals surface area (Å²) < 4.78 is 15.7. The number of hydrogen-bond acceptors (Lipinski definition) is 7. The highest BCUT2D eigenvalue weighted by atomic mass is 35.5. The Kier molecular flexibility index (Phi) is 7.80. The Balaban J connectivity index is 2.19. The van der Waals surface area contributed by atoms with Crippen molar-refractivity contribution in [1.29, 1.82) is 0 Å². The summed E-state index contributed by atoms with van der Waals surface area (Å²) in [5.41, 5.74) is 0.268. The fourth-order valence-corrected chi connectivity index (χ4v) is 1.22. The van der Waals surface area contributed by atoms with Crippen molar-refractivity contribution < 1.29 is 19.4 Å². The van der Waals surface area contributed by atoms with Gasteiger partial charge < -0.3 is 19.4 Å². The third kappa shape index (κ3) is 6.32. The predicted octanol–water partition coefficient (Wildman–Crippen LogP) is 1.28. The summed E-state index contributed by atoms with van der Waals surface area (Å²) in [6.07, 6.45) is 2.75. The van der Waals surface area contributed by atoms with Crippen molar-refractivity contribution in [3.8, 4) is 5.88 Å². The van der Waals surface area contributed by atoms with Crippen molar-refractivity contribution in [3.05, 3.63) is 18.1 Å². The van der Waals surface area contributed by atoms with E-state index in [1.54, 1.807) is 0 Å². The van der Waals surface area contributed by atoms with E-state index in [-0.39, 0.29) is 10.9 Å². The normalized spacial score (nSPS) is 11.6. The van der Waals surface area contributed by atoms with Crippen LogP contribution in [0.5, 0.6) is 5.88 Å². The van der Waals surface area contributed by atoms with E-state index in [1.165, 1.54) is 12.4 Å². The van der Waals surface area contributed by atoms with Crippen molar-refractivity contribution in [3.63, 3.8) is 0 Å². The number of nitrogens with zero attached hydrogens (tertiary/aromatic N) is 3. The Morgan fingerprint density at radius 2 is 1.95 bits per heavy atom. The van der Waals surface area contributed by atoms with Crippen LogP contribution in [0.4, 0.5) is 0 Å². The second-order valence-corrected chi connectivity index (χ2v) is 3.65. The maximum atomic E-state index is 8.45. The van der Waals surface area contributed by atoms with Gasteiger partial charge in [-0.15, -0.1) is 0 Å². The molecular formula is C11H16ClN3O4. The molecule has 0 aliphatic heterocycles. The Morgan fingerprint density at radius 1 is 1.21 bits per heavy atom. The topological polar surface area (TPSA) is 86.1 Å². The van der Waals surface area contributed by atoms with Crippen LogP contribution < -0.4 is 4.74 Å². The van der Waals surface area contributed by atoms with Gasteiger partial charge in [0.25, 0.3) is 0 Å². The highest BCUT2D eigenvalue weighted by Crippen LogP contribution is 2.06. The van der Waals surface area contributed by atoms with E-state index in [0.29, 0.717) is 38.9 Å². The standard InChI is InChI=1S/C11H16ClN3O4/c1-2-17-3-4-18-5-6-19-10-8-13-9(7-14-10)11(12)15-16/h7-8,16H,2-6H2,1H3. The fourth-order valence-electron chi connectivity index (χ4n) is 1.12. The van der Waals surface area contributed by atoms with Crippen LogP contribution in [0.3, 0.4) is 0 Å². The Labute approximate surface area is 116 Å². The van der Waals surface area contributed by atoms with Crippen molar-refractivity contribution in [2.24, 2.45) is 5.16 Å². The predicted molar refractivity (Wildman–Crippen MR) is 69.0 cm³/mol. The summed E-state index contributed by atoms with van der Waals surface area (Å²) in [7, 11) is 0. The zero-order valence-corrected chi connectivity index (χ0v) is 11.3. The molecule has 0 aromatic carbocycles. The Hall–Kier alpha value is -1.44. The van der Waals surface area contributed by atoms with Crippen LogP contribution in [-0.4, -0.2) is 53.4 Å². The largest absolute Gasteiger partial charge is 0.474 e. The molecule has 0 fully saturated rings. The monoisotopic (exact) mass is 289 g/mol. The number of oxime groups is 1. The zero-order valence-electron chi connectivity index (χ0n) is 10.6. The second-order valence-electron chi connectivity index (χ2n) is 3.29. The lowest BCUT2D eigenvalue weighted by molar-refractivity contribution is 0.0398. The first-order valence-corrected chi connectivity index (χ1v) is 6.14. The van der Waals surface area contributed by atoms with Crippen LogP contribution in [0.2, 0.25) is 0 Å². The van der Waals surface area contributed by atoms with E-state index in [2.05, 4.69) is 15.1 Å². The summed E-state index contributed by atoms with van der Waals surface area (Å²) in [6.45, 7) is 4.52. The molecule has 1 heterocycles. The van der Waals surface area contributed by atoms with Crippen molar-refractivity contribution in [1.82, 2.24) is 9.97 Å². The summed E-state index contributed by atoms with van der Waals surface area (Å²) >= 11 is 5.56. The number of hydrogen-bond donors (Lipinski definition) is 1. The Bertz CT molecular complexity index is 386. The second kappa shape index (κ2) is 9.48. The molecule has 106 valence electrons. The lowest BCUT2D eigenvalue weighted by Gasteiger charge is -2.06. The summed E-state index contributed by atoms with van der Waals surface area (Å²) in [5.74, 6) is 0.347. The maximum Gasteiger partial charge on any atom is 0.232 e. The van der Waals surface area contributed by atoms with Crippen LogP contribution in [-0.2, 0) is 9.47 Å². The van der Waals surface area contributed by atoms with Crippen LogP contribution in [0.25, 0.3) is 0 Å². The third-order valence-electron chi connectivity index (χ3n) is 1.98. The molecule has 0 amide bonds. The molecular weight excluding hydrogens is 274 g/mol. The molecule has 0 spiro atoms. The molecule has 0 bridgehead atoms. The highest BCUT2D eigenvalue weighted by Gasteiger charge is 2.03. The van der Waals surface area contributed by atoms with E-state index >= 15 is 0 Å². The minimum absolute atomic E-state index is 0.127. The maximum absolute atomic E-state index is 8.45. The molecule has 0 saturated carbocycles. The minimum atomic E-state index is -0.127. The van der Waals surface area contributed by atoms with Crippen LogP contribution in [0.1, 0.15) is 12.6 Å². The molecule has 0 saturated heterocycles. The van der Waals surface area contributed by atoms with E-state index in [1.807, 2.05) is 6.92 Å². The van der Waals surface area contributed by atoms with Crippen LogP contribution in [0.15, 0.2) is 17.5 Å². The molecule has 1 N–H and O–H groups in total. The van der Waals surface area contributed by atoms with Gasteiger partial charge in [0.05, 0.1) is 32.2 Å². The number of rotatable bonds is 9. The summed E-state index contributed by atoms with van der Waals surface area (Å²) in [6, 6.07) is 0. The highest BCUT2D eigenvalue weighted by molar-refractivity contribution is 6.69. The molecule has 1 aromatic heterocycles. The molecule has 0 aliphatic rings. The average Bonchev–Trinajstić information content (AvgIpc) is 2.46. The molecule has 0 radical (unpaired) electrons. The van der Waals surface area contributed by atoms with Gasteiger partial charge in [-0.05, 0) is 6.92 Å². The lowest BCUT2D eigenvalue weighted by Crippen LogP contribution is -2.11. The van der Waals surface area contributed by atoms with Crippen molar-refractivity contribution >= 4 is 16.8 Å². The van der Waals surface area contributed by atoms with Gasteiger partial charge >= 0.3 is 0 Å². The van der Waals surface area contributed by atoms with Gasteiger partial charge in [-0.3, -0.25) is 0 Å². The molecule has 1 rings (SSSR count). The SMILES string of the molecule is CCOCCOCCOc1cnc(C(Cl)=NO)cn1. The first kappa shape index (κ1) is 15.6. The molecule has 8 heteroatoms. The van der Waals surface area contributed by atoms with E-state index in [9.17, 15) is 0 Å². The summed E-state index contributed by atoms with van der Waals surface area (Å²) in [5, 5.41) is 11.1. The fraction of sp³-hybridized carbons (Fsp3) is 0.545. The molecule has 0 unspecified atom stereocenters. The van der Waals surface area contributed by atoms with Crippen LogP contribution in [0, 0.1) is 0 Å². The van der Waals surface area contributed by atoms with Gasteiger partial charge in [0, 0.05) is 6.61 Å².